The van der Waals surface area contributed by atoms with Crippen molar-refractivity contribution in [3.63, 3.8) is 0 Å². The van der Waals surface area contributed by atoms with Gasteiger partial charge < -0.3 is 20.1 Å². The third-order valence-electron chi connectivity index (χ3n) is 6.86. The monoisotopic (exact) mass is 480 g/mol. The van der Waals surface area contributed by atoms with Crippen molar-refractivity contribution in [2.45, 2.75) is 38.1 Å². The molecule has 0 spiro atoms. The summed E-state index contributed by atoms with van der Waals surface area (Å²) >= 11 is 0. The number of alkyl halides is 3. The number of aromatic nitrogens is 5. The first kappa shape index (κ1) is 21.6. The molecule has 0 amide bonds. The molecular weight excluding hydrogens is 457 g/mol. The average molecular weight is 480 g/mol. The zero-order valence-corrected chi connectivity index (χ0v) is 18.8. The van der Waals surface area contributed by atoms with Crippen molar-refractivity contribution in [2.75, 3.05) is 28.6 Å². The summed E-state index contributed by atoms with van der Waals surface area (Å²) in [6.45, 7) is 1.73. The molecule has 1 saturated heterocycles. The molecular formula is C24H23F3N8. The standard InChI is InChI=1S/C24H23F3N8/c25-24(26,27)23-32-31-21-14-33(11-12-35(21)23)20-7-6-15(13-30-20)18-5-2-10-34(18)19-4-1-3-17-16(19)8-9-29-22(17)28/h1,3-4,6-9,13,18H,2,5,10-12,14H2,(H2,28,29)/t18-/m0/s1. The van der Waals surface area contributed by atoms with Gasteiger partial charge in [0.1, 0.15) is 11.6 Å². The Morgan fingerprint density at radius 3 is 2.63 bits per heavy atom. The van der Waals surface area contributed by atoms with E-state index in [0.29, 0.717) is 24.0 Å². The molecule has 6 rings (SSSR count). The lowest BCUT2D eigenvalue weighted by Crippen LogP contribution is -2.35. The van der Waals surface area contributed by atoms with Gasteiger partial charge in [-0.2, -0.15) is 13.2 Å². The van der Waals surface area contributed by atoms with E-state index in [2.05, 4.69) is 37.2 Å². The van der Waals surface area contributed by atoms with Crippen LogP contribution in [0.25, 0.3) is 10.8 Å². The van der Waals surface area contributed by atoms with E-state index >= 15 is 0 Å². The molecule has 1 aromatic carbocycles. The molecule has 0 unspecified atom stereocenters. The van der Waals surface area contributed by atoms with Gasteiger partial charge in [-0.25, -0.2) is 9.97 Å². The second-order valence-corrected chi connectivity index (χ2v) is 8.88. The third kappa shape index (κ3) is 3.71. The van der Waals surface area contributed by atoms with Crippen molar-refractivity contribution in [1.82, 2.24) is 24.7 Å². The fourth-order valence-electron chi connectivity index (χ4n) is 5.21. The van der Waals surface area contributed by atoms with Gasteiger partial charge in [-0.05, 0) is 36.6 Å². The fourth-order valence-corrected chi connectivity index (χ4v) is 5.21. The minimum absolute atomic E-state index is 0.163. The number of nitrogens with zero attached hydrogens (tertiary/aromatic N) is 7. The normalized spacial score (nSPS) is 18.3. The summed E-state index contributed by atoms with van der Waals surface area (Å²) in [6.07, 6.45) is 1.17. The number of nitrogens with two attached hydrogens (primary N) is 1. The van der Waals surface area contributed by atoms with Crippen LogP contribution in [-0.4, -0.2) is 37.8 Å². The van der Waals surface area contributed by atoms with Crippen LogP contribution in [-0.2, 0) is 19.3 Å². The molecule has 2 N–H and O–H groups in total. The van der Waals surface area contributed by atoms with E-state index in [-0.39, 0.29) is 19.1 Å². The van der Waals surface area contributed by atoms with Crippen LogP contribution in [0.4, 0.5) is 30.5 Å². The predicted molar refractivity (Wildman–Crippen MR) is 126 cm³/mol. The molecule has 35 heavy (non-hydrogen) atoms. The zero-order chi connectivity index (χ0) is 24.2. The van der Waals surface area contributed by atoms with Crippen LogP contribution in [0.3, 0.4) is 0 Å². The number of pyridine rings is 2. The molecule has 1 atom stereocenters. The SMILES string of the molecule is Nc1nccc2c(N3CCC[C@H]3c3ccc(N4CCn5c(nnc5C(F)(F)F)C4)nc3)cccc12. The molecule has 8 nitrogen and oxygen atoms in total. The van der Waals surface area contributed by atoms with E-state index in [9.17, 15) is 13.2 Å². The number of halogens is 3. The van der Waals surface area contributed by atoms with Crippen molar-refractivity contribution in [3.8, 4) is 0 Å². The summed E-state index contributed by atoms with van der Waals surface area (Å²) in [4.78, 5) is 13.2. The molecule has 3 aromatic heterocycles. The topological polar surface area (TPSA) is 89.0 Å². The highest BCUT2D eigenvalue weighted by atomic mass is 19.4. The Morgan fingerprint density at radius 2 is 1.83 bits per heavy atom. The average Bonchev–Trinajstić information content (AvgIpc) is 3.51. The lowest BCUT2D eigenvalue weighted by molar-refractivity contribution is -0.147. The molecule has 0 saturated carbocycles. The number of hydrogen-bond donors (Lipinski definition) is 1. The number of fused-ring (bicyclic) bond motifs is 2. The zero-order valence-electron chi connectivity index (χ0n) is 18.8. The largest absolute Gasteiger partial charge is 0.451 e. The Kier molecular flexibility index (Phi) is 5.01. The van der Waals surface area contributed by atoms with Crippen LogP contribution in [0.15, 0.2) is 48.8 Å². The van der Waals surface area contributed by atoms with Gasteiger partial charge in [-0.3, -0.25) is 0 Å². The van der Waals surface area contributed by atoms with Crippen LogP contribution in [0, 0.1) is 0 Å². The second-order valence-electron chi connectivity index (χ2n) is 8.88. The van der Waals surface area contributed by atoms with E-state index < -0.39 is 12.0 Å². The van der Waals surface area contributed by atoms with Crippen molar-refractivity contribution in [1.29, 1.82) is 0 Å². The molecule has 2 aliphatic heterocycles. The Morgan fingerprint density at radius 1 is 0.943 bits per heavy atom. The first-order valence-electron chi connectivity index (χ1n) is 11.5. The Labute approximate surface area is 199 Å². The van der Waals surface area contributed by atoms with E-state index in [4.69, 9.17) is 5.73 Å². The second kappa shape index (κ2) is 8.10. The van der Waals surface area contributed by atoms with Gasteiger partial charge in [0.05, 0.1) is 12.6 Å². The minimum atomic E-state index is -4.51. The third-order valence-corrected chi connectivity index (χ3v) is 6.86. The Balaban J connectivity index is 1.24. The van der Waals surface area contributed by atoms with Crippen LogP contribution < -0.4 is 15.5 Å². The highest BCUT2D eigenvalue weighted by Crippen LogP contribution is 2.40. The summed E-state index contributed by atoms with van der Waals surface area (Å²) in [6, 6.07) is 12.3. The van der Waals surface area contributed by atoms with E-state index in [1.54, 1.807) is 6.20 Å². The molecule has 11 heteroatoms. The summed E-state index contributed by atoms with van der Waals surface area (Å²) in [5, 5.41) is 9.13. The number of nitrogen functional groups attached to an aromatic ring is 1. The van der Waals surface area contributed by atoms with Gasteiger partial charge >= 0.3 is 6.18 Å². The quantitative estimate of drug-likeness (QED) is 0.471. The van der Waals surface area contributed by atoms with Gasteiger partial charge in [0.15, 0.2) is 5.82 Å². The first-order chi connectivity index (χ1) is 16.9. The number of rotatable bonds is 3. The predicted octanol–water partition coefficient (Wildman–Crippen LogP) is 4.18. The van der Waals surface area contributed by atoms with Crippen molar-refractivity contribution >= 4 is 28.1 Å². The fraction of sp³-hybridized carbons (Fsp3) is 0.333. The molecule has 180 valence electrons. The van der Waals surface area contributed by atoms with Crippen molar-refractivity contribution in [3.05, 3.63) is 66.0 Å². The van der Waals surface area contributed by atoms with Crippen molar-refractivity contribution < 1.29 is 13.2 Å². The maximum absolute atomic E-state index is 13.1. The Hall–Kier alpha value is -3.89. The van der Waals surface area contributed by atoms with Crippen molar-refractivity contribution in [2.24, 2.45) is 0 Å². The van der Waals surface area contributed by atoms with Crippen LogP contribution in [0.1, 0.15) is 36.1 Å². The lowest BCUT2D eigenvalue weighted by atomic mass is 10.0. The summed E-state index contributed by atoms with van der Waals surface area (Å²) in [5.41, 5.74) is 8.33. The van der Waals surface area contributed by atoms with E-state index in [1.165, 1.54) is 0 Å². The molecule has 0 radical (unpaired) electrons. The highest BCUT2D eigenvalue weighted by molar-refractivity contribution is 5.99. The van der Waals surface area contributed by atoms with Gasteiger partial charge in [-0.15, -0.1) is 10.2 Å². The molecule has 2 aliphatic rings. The molecule has 0 aliphatic carbocycles. The summed E-state index contributed by atoms with van der Waals surface area (Å²) < 4.78 is 40.5. The maximum Gasteiger partial charge on any atom is 0.451 e. The summed E-state index contributed by atoms with van der Waals surface area (Å²) in [5.74, 6) is 0.583. The molecule has 4 aromatic rings. The number of hydrogen-bond acceptors (Lipinski definition) is 7. The molecule has 5 heterocycles. The molecule has 0 bridgehead atoms. The molecule has 1 fully saturated rings. The lowest BCUT2D eigenvalue weighted by Gasteiger charge is -2.30. The van der Waals surface area contributed by atoms with Gasteiger partial charge in [-0.1, -0.05) is 18.2 Å². The van der Waals surface area contributed by atoms with Crippen LogP contribution in [0.5, 0.6) is 0 Å². The minimum Gasteiger partial charge on any atom is -0.383 e. The number of benzene rings is 1. The van der Waals surface area contributed by atoms with Gasteiger partial charge in [0.25, 0.3) is 0 Å². The highest BCUT2D eigenvalue weighted by Gasteiger charge is 2.39. The van der Waals surface area contributed by atoms with Gasteiger partial charge in [0.2, 0.25) is 5.82 Å². The smallest absolute Gasteiger partial charge is 0.383 e. The Bertz CT molecular complexity index is 1380. The number of anilines is 3. The van der Waals surface area contributed by atoms with Crippen LogP contribution in [0.2, 0.25) is 0 Å². The van der Waals surface area contributed by atoms with E-state index in [1.807, 2.05) is 35.4 Å². The van der Waals surface area contributed by atoms with E-state index in [0.717, 1.165) is 46.0 Å². The van der Waals surface area contributed by atoms with Crippen LogP contribution >= 0.6 is 0 Å². The maximum atomic E-state index is 13.1. The van der Waals surface area contributed by atoms with Gasteiger partial charge in [0, 0.05) is 48.5 Å². The summed E-state index contributed by atoms with van der Waals surface area (Å²) in [7, 11) is 0. The first-order valence-corrected chi connectivity index (χ1v) is 11.5.